The van der Waals surface area contributed by atoms with E-state index in [0.717, 1.165) is 18.3 Å². The van der Waals surface area contributed by atoms with Crippen molar-refractivity contribution in [3.63, 3.8) is 0 Å². The minimum absolute atomic E-state index is 0.00147. The Bertz CT molecular complexity index is 737. The molecule has 6 nitrogen and oxygen atoms in total. The number of nitrogens with one attached hydrogen (secondary N) is 2. The van der Waals surface area contributed by atoms with E-state index in [4.69, 9.17) is 0 Å². The van der Waals surface area contributed by atoms with Gasteiger partial charge in [-0.2, -0.15) is 13.2 Å². The number of pyridine rings is 1. The Morgan fingerprint density at radius 2 is 2.00 bits per heavy atom. The smallest absolute Gasteiger partial charge is 0.433 e. The predicted molar refractivity (Wildman–Crippen MR) is 79.9 cm³/mol. The van der Waals surface area contributed by atoms with Gasteiger partial charge in [-0.05, 0) is 24.5 Å². The summed E-state index contributed by atoms with van der Waals surface area (Å²) in [4.78, 5) is 17.9. The fourth-order valence-corrected chi connectivity index (χ4v) is 2.13. The van der Waals surface area contributed by atoms with Crippen LogP contribution in [0.2, 0.25) is 0 Å². The third-order valence-electron chi connectivity index (χ3n) is 3.18. The molecule has 2 heterocycles. The quantitative estimate of drug-likeness (QED) is 0.685. The van der Waals surface area contributed by atoms with Crippen molar-refractivity contribution in [2.45, 2.75) is 26.4 Å². The fourth-order valence-electron chi connectivity index (χ4n) is 2.13. The maximum Gasteiger partial charge on any atom is 0.433 e. The van der Waals surface area contributed by atoms with Crippen molar-refractivity contribution in [1.29, 1.82) is 0 Å². The summed E-state index contributed by atoms with van der Waals surface area (Å²) < 4.78 is 37.3. The number of halogens is 3. The molecule has 2 rings (SSSR count). The van der Waals surface area contributed by atoms with Gasteiger partial charge in [0.1, 0.15) is 11.3 Å². The van der Waals surface area contributed by atoms with E-state index in [1.807, 2.05) is 13.8 Å². The SMILES string of the molecule is CC(C)Cc1[nH]c(O)c(C(=O)Nc2ccc(C(F)(F)F)nc2)c1O. The lowest BCUT2D eigenvalue weighted by molar-refractivity contribution is -0.141. The molecule has 0 saturated heterocycles. The summed E-state index contributed by atoms with van der Waals surface area (Å²) in [5.41, 5.74) is -1.16. The van der Waals surface area contributed by atoms with E-state index in [-0.39, 0.29) is 17.2 Å². The molecule has 0 aliphatic heterocycles. The molecular weight excluding hydrogens is 327 g/mol. The average molecular weight is 343 g/mol. The van der Waals surface area contributed by atoms with Crippen molar-refractivity contribution in [3.8, 4) is 11.6 Å². The van der Waals surface area contributed by atoms with Crippen molar-refractivity contribution in [3.05, 3.63) is 35.3 Å². The van der Waals surface area contributed by atoms with Gasteiger partial charge in [-0.3, -0.25) is 4.79 Å². The summed E-state index contributed by atoms with van der Waals surface area (Å²) in [6.07, 6.45) is -3.32. The maximum absolute atomic E-state index is 12.4. The maximum atomic E-state index is 12.4. The molecule has 0 atom stereocenters. The first kappa shape index (κ1) is 17.6. The highest BCUT2D eigenvalue weighted by atomic mass is 19.4. The lowest BCUT2D eigenvalue weighted by Crippen LogP contribution is -2.13. The third kappa shape index (κ3) is 3.79. The summed E-state index contributed by atoms with van der Waals surface area (Å²) >= 11 is 0. The van der Waals surface area contributed by atoms with E-state index in [1.165, 1.54) is 0 Å². The van der Waals surface area contributed by atoms with Gasteiger partial charge in [0.15, 0.2) is 5.75 Å². The molecule has 0 bridgehead atoms. The molecular formula is C15H16F3N3O3. The highest BCUT2D eigenvalue weighted by Gasteiger charge is 2.32. The number of carbonyl (C=O) groups is 1. The summed E-state index contributed by atoms with van der Waals surface area (Å²) in [6.45, 7) is 3.79. The molecule has 2 aromatic heterocycles. The highest BCUT2D eigenvalue weighted by molar-refractivity contribution is 6.08. The number of hydrogen-bond donors (Lipinski definition) is 4. The Hall–Kier alpha value is -2.71. The van der Waals surface area contributed by atoms with Crippen molar-refractivity contribution >= 4 is 11.6 Å². The summed E-state index contributed by atoms with van der Waals surface area (Å²) in [5.74, 6) is -1.60. The van der Waals surface area contributed by atoms with Crippen LogP contribution in [0.4, 0.5) is 18.9 Å². The fraction of sp³-hybridized carbons (Fsp3) is 0.333. The van der Waals surface area contributed by atoms with Crippen molar-refractivity contribution in [1.82, 2.24) is 9.97 Å². The second kappa shape index (κ2) is 6.42. The summed E-state index contributed by atoms with van der Waals surface area (Å²) in [7, 11) is 0. The molecule has 0 unspecified atom stereocenters. The van der Waals surface area contributed by atoms with Gasteiger partial charge in [-0.25, -0.2) is 4.98 Å². The molecule has 4 N–H and O–H groups in total. The highest BCUT2D eigenvalue weighted by Crippen LogP contribution is 2.33. The van der Waals surface area contributed by atoms with Crippen LogP contribution in [-0.2, 0) is 12.6 Å². The first-order valence-corrected chi connectivity index (χ1v) is 7.07. The summed E-state index contributed by atoms with van der Waals surface area (Å²) in [6, 6.07) is 1.75. The second-order valence-electron chi connectivity index (χ2n) is 5.66. The van der Waals surface area contributed by atoms with Gasteiger partial charge in [-0.1, -0.05) is 13.8 Å². The lowest BCUT2D eigenvalue weighted by atomic mass is 10.1. The number of rotatable bonds is 4. The Morgan fingerprint density at radius 3 is 2.50 bits per heavy atom. The van der Waals surface area contributed by atoms with E-state index >= 15 is 0 Å². The minimum atomic E-state index is -4.58. The number of hydrogen-bond acceptors (Lipinski definition) is 4. The van der Waals surface area contributed by atoms with Crippen molar-refractivity contribution in [2.75, 3.05) is 5.32 Å². The molecule has 24 heavy (non-hydrogen) atoms. The zero-order valence-electron chi connectivity index (χ0n) is 12.9. The molecule has 0 radical (unpaired) electrons. The Labute approximate surface area is 135 Å². The number of amides is 1. The van der Waals surface area contributed by atoms with Gasteiger partial charge >= 0.3 is 6.18 Å². The normalized spacial score (nSPS) is 11.8. The van der Waals surface area contributed by atoms with Crippen LogP contribution in [0.5, 0.6) is 11.6 Å². The first-order chi connectivity index (χ1) is 11.1. The molecule has 0 spiro atoms. The number of nitrogens with zero attached hydrogens (tertiary/aromatic N) is 1. The Balaban J connectivity index is 2.20. The van der Waals surface area contributed by atoms with Crippen molar-refractivity contribution in [2.24, 2.45) is 5.92 Å². The molecule has 0 aromatic carbocycles. The van der Waals surface area contributed by atoms with Crippen LogP contribution in [0, 0.1) is 5.92 Å². The lowest BCUT2D eigenvalue weighted by Gasteiger charge is -2.08. The molecule has 0 saturated carbocycles. The average Bonchev–Trinajstić information content (AvgIpc) is 2.72. The second-order valence-corrected chi connectivity index (χ2v) is 5.66. The van der Waals surface area contributed by atoms with E-state index in [1.54, 1.807) is 0 Å². The van der Waals surface area contributed by atoms with E-state index in [2.05, 4.69) is 15.3 Å². The first-order valence-electron chi connectivity index (χ1n) is 7.07. The molecule has 0 aliphatic rings. The largest absolute Gasteiger partial charge is 0.505 e. The predicted octanol–water partition coefficient (Wildman–Crippen LogP) is 3.29. The Kier molecular flexibility index (Phi) is 4.72. The number of aromatic amines is 1. The van der Waals surface area contributed by atoms with Crippen LogP contribution < -0.4 is 5.32 Å². The summed E-state index contributed by atoms with van der Waals surface area (Å²) in [5, 5.41) is 22.1. The molecule has 9 heteroatoms. The monoisotopic (exact) mass is 343 g/mol. The third-order valence-corrected chi connectivity index (χ3v) is 3.18. The van der Waals surface area contributed by atoms with E-state index in [0.29, 0.717) is 12.1 Å². The van der Waals surface area contributed by atoms with Gasteiger partial charge in [0.2, 0.25) is 5.88 Å². The van der Waals surface area contributed by atoms with Crippen LogP contribution >= 0.6 is 0 Å². The van der Waals surface area contributed by atoms with Crippen LogP contribution in [0.15, 0.2) is 18.3 Å². The van der Waals surface area contributed by atoms with Gasteiger partial charge < -0.3 is 20.5 Å². The number of carbonyl (C=O) groups excluding carboxylic acids is 1. The molecule has 0 fully saturated rings. The number of aromatic hydroxyl groups is 2. The van der Waals surface area contributed by atoms with Crippen LogP contribution in [0.3, 0.4) is 0 Å². The number of anilines is 1. The number of aromatic nitrogens is 2. The minimum Gasteiger partial charge on any atom is -0.505 e. The van der Waals surface area contributed by atoms with Crippen molar-refractivity contribution < 1.29 is 28.2 Å². The van der Waals surface area contributed by atoms with Gasteiger partial charge in [0, 0.05) is 0 Å². The zero-order chi connectivity index (χ0) is 18.1. The van der Waals surface area contributed by atoms with Crippen LogP contribution in [0.1, 0.15) is 35.6 Å². The number of alkyl halides is 3. The van der Waals surface area contributed by atoms with Crippen LogP contribution in [0.25, 0.3) is 0 Å². The zero-order valence-corrected chi connectivity index (χ0v) is 12.9. The standard InChI is InChI=1S/C15H16F3N3O3/c1-7(2)5-9-12(22)11(14(24)21-9)13(23)20-8-3-4-10(19-6-8)15(16,17)18/h3-4,6-7,21-22,24H,5H2,1-2H3,(H,20,23). The Morgan fingerprint density at radius 1 is 1.33 bits per heavy atom. The van der Waals surface area contributed by atoms with E-state index < -0.39 is 29.4 Å². The van der Waals surface area contributed by atoms with Crippen LogP contribution in [-0.4, -0.2) is 26.1 Å². The molecule has 130 valence electrons. The topological polar surface area (TPSA) is 98.2 Å². The van der Waals surface area contributed by atoms with Gasteiger partial charge in [-0.15, -0.1) is 0 Å². The van der Waals surface area contributed by atoms with Gasteiger partial charge in [0.05, 0.1) is 17.6 Å². The van der Waals surface area contributed by atoms with Gasteiger partial charge in [0.25, 0.3) is 5.91 Å². The number of H-pyrrole nitrogens is 1. The molecule has 2 aromatic rings. The molecule has 1 amide bonds. The van der Waals surface area contributed by atoms with E-state index in [9.17, 15) is 28.2 Å². The molecule has 0 aliphatic carbocycles.